The number of nitrogens with zero attached hydrogens (tertiary/aromatic N) is 1. The van der Waals surface area contributed by atoms with Crippen molar-refractivity contribution in [1.29, 1.82) is 5.26 Å². The van der Waals surface area contributed by atoms with Gasteiger partial charge in [-0.25, -0.2) is 0 Å². The Bertz CT molecular complexity index is 393. The van der Waals surface area contributed by atoms with Crippen LogP contribution in [0.5, 0.6) is 0 Å². The van der Waals surface area contributed by atoms with Gasteiger partial charge in [-0.2, -0.15) is 5.26 Å². The van der Waals surface area contributed by atoms with Gasteiger partial charge in [0.2, 0.25) is 0 Å². The Morgan fingerprint density at radius 3 is 2.76 bits per heavy atom. The van der Waals surface area contributed by atoms with E-state index in [1.807, 2.05) is 30.3 Å². The van der Waals surface area contributed by atoms with Crippen LogP contribution >= 0.6 is 0 Å². The van der Waals surface area contributed by atoms with Gasteiger partial charge in [-0.05, 0) is 30.9 Å². The van der Waals surface area contributed by atoms with Gasteiger partial charge in [0.1, 0.15) is 5.54 Å². The van der Waals surface area contributed by atoms with Crippen LogP contribution in [-0.4, -0.2) is 5.54 Å². The van der Waals surface area contributed by atoms with Gasteiger partial charge in [-0.3, -0.25) is 0 Å². The number of nitrogens with one attached hydrogen (secondary N) is 1. The molecule has 1 aromatic carbocycles. The largest absolute Gasteiger partial charge is 0.367 e. The molecule has 1 N–H and O–H groups in total. The first kappa shape index (κ1) is 12.0. The summed E-state index contributed by atoms with van der Waals surface area (Å²) in [6.45, 7) is 2.19. The summed E-state index contributed by atoms with van der Waals surface area (Å²) in [5.74, 6) is 0.474. The lowest BCUT2D eigenvalue weighted by Crippen LogP contribution is -2.46. The van der Waals surface area contributed by atoms with Gasteiger partial charge in [-0.1, -0.05) is 44.4 Å². The molecule has 2 rings (SSSR count). The first-order chi connectivity index (χ1) is 8.30. The maximum Gasteiger partial charge on any atom is 0.128 e. The summed E-state index contributed by atoms with van der Waals surface area (Å²) < 4.78 is 0. The standard InChI is InChI=1S/C15H20N2/c1-2-13-8-6-7-11-15(13,12-16)17-14-9-4-3-5-10-14/h3-5,9-10,13,17H,2,6-8,11H2,1H3. The van der Waals surface area contributed by atoms with Crippen LogP contribution in [0, 0.1) is 17.2 Å². The summed E-state index contributed by atoms with van der Waals surface area (Å²) in [6.07, 6.45) is 5.64. The Hall–Kier alpha value is -1.49. The topological polar surface area (TPSA) is 35.8 Å². The highest BCUT2D eigenvalue weighted by molar-refractivity contribution is 5.48. The minimum atomic E-state index is -0.353. The number of para-hydroxylation sites is 1. The second-order valence-electron chi connectivity index (χ2n) is 4.93. The van der Waals surface area contributed by atoms with Gasteiger partial charge in [0.05, 0.1) is 6.07 Å². The Balaban J connectivity index is 2.21. The van der Waals surface area contributed by atoms with E-state index >= 15 is 0 Å². The average Bonchev–Trinajstić information content (AvgIpc) is 2.40. The molecule has 0 bridgehead atoms. The molecule has 1 fully saturated rings. The summed E-state index contributed by atoms with van der Waals surface area (Å²) in [6, 6.07) is 12.7. The molecule has 0 aliphatic heterocycles. The fraction of sp³-hybridized carbons (Fsp3) is 0.533. The van der Waals surface area contributed by atoms with Crippen LogP contribution in [0.2, 0.25) is 0 Å². The summed E-state index contributed by atoms with van der Waals surface area (Å²) >= 11 is 0. The van der Waals surface area contributed by atoms with Crippen LogP contribution in [0.1, 0.15) is 39.0 Å². The minimum absolute atomic E-state index is 0.353. The van der Waals surface area contributed by atoms with E-state index in [4.69, 9.17) is 0 Å². The van der Waals surface area contributed by atoms with Gasteiger partial charge in [0.15, 0.2) is 0 Å². The fourth-order valence-electron chi connectivity index (χ4n) is 2.92. The molecule has 90 valence electrons. The summed E-state index contributed by atoms with van der Waals surface area (Å²) in [5, 5.41) is 13.1. The van der Waals surface area contributed by atoms with Gasteiger partial charge in [-0.15, -0.1) is 0 Å². The van der Waals surface area contributed by atoms with Gasteiger partial charge < -0.3 is 5.32 Å². The quantitative estimate of drug-likeness (QED) is 0.850. The minimum Gasteiger partial charge on any atom is -0.367 e. The van der Waals surface area contributed by atoms with Crippen molar-refractivity contribution >= 4 is 5.69 Å². The van der Waals surface area contributed by atoms with Crippen molar-refractivity contribution in [3.8, 4) is 6.07 Å². The highest BCUT2D eigenvalue weighted by atomic mass is 15.0. The lowest BCUT2D eigenvalue weighted by Gasteiger charge is -2.39. The molecule has 2 nitrogen and oxygen atoms in total. The van der Waals surface area contributed by atoms with Crippen molar-refractivity contribution in [2.75, 3.05) is 5.32 Å². The number of nitriles is 1. The predicted octanol–water partition coefficient (Wildman–Crippen LogP) is 3.96. The summed E-state index contributed by atoms with van der Waals surface area (Å²) in [7, 11) is 0. The number of anilines is 1. The van der Waals surface area contributed by atoms with Crippen molar-refractivity contribution in [3.05, 3.63) is 30.3 Å². The molecule has 1 saturated carbocycles. The molecule has 0 aromatic heterocycles. The van der Waals surface area contributed by atoms with Crippen LogP contribution in [-0.2, 0) is 0 Å². The van der Waals surface area contributed by atoms with Gasteiger partial charge in [0, 0.05) is 5.69 Å². The van der Waals surface area contributed by atoms with Gasteiger partial charge >= 0.3 is 0 Å². The highest BCUT2D eigenvalue weighted by Gasteiger charge is 2.39. The number of benzene rings is 1. The zero-order valence-electron chi connectivity index (χ0n) is 10.4. The van der Waals surface area contributed by atoms with Crippen molar-refractivity contribution in [1.82, 2.24) is 0 Å². The first-order valence-electron chi connectivity index (χ1n) is 6.55. The maximum atomic E-state index is 9.59. The first-order valence-corrected chi connectivity index (χ1v) is 6.55. The van der Waals surface area contributed by atoms with E-state index in [1.54, 1.807) is 0 Å². The van der Waals surface area contributed by atoms with E-state index in [1.165, 1.54) is 12.8 Å². The van der Waals surface area contributed by atoms with E-state index in [-0.39, 0.29) is 5.54 Å². The average molecular weight is 228 g/mol. The van der Waals surface area contributed by atoms with Crippen LogP contribution in [0.25, 0.3) is 0 Å². The number of hydrogen-bond acceptors (Lipinski definition) is 2. The van der Waals surface area contributed by atoms with E-state index in [0.717, 1.165) is 24.9 Å². The van der Waals surface area contributed by atoms with Crippen molar-refractivity contribution in [2.45, 2.75) is 44.6 Å². The fourth-order valence-corrected chi connectivity index (χ4v) is 2.92. The zero-order chi connectivity index (χ0) is 12.1. The van der Waals surface area contributed by atoms with Gasteiger partial charge in [0.25, 0.3) is 0 Å². The number of rotatable bonds is 3. The molecule has 0 saturated heterocycles. The van der Waals surface area contributed by atoms with Crippen LogP contribution in [0.3, 0.4) is 0 Å². The maximum absolute atomic E-state index is 9.59. The molecule has 2 heteroatoms. The van der Waals surface area contributed by atoms with Crippen LogP contribution < -0.4 is 5.32 Å². The van der Waals surface area contributed by atoms with Crippen LogP contribution in [0.4, 0.5) is 5.69 Å². The normalized spacial score (nSPS) is 28.4. The van der Waals surface area contributed by atoms with E-state index in [9.17, 15) is 5.26 Å². The third kappa shape index (κ3) is 2.44. The zero-order valence-corrected chi connectivity index (χ0v) is 10.4. The van der Waals surface area contributed by atoms with Crippen molar-refractivity contribution < 1.29 is 0 Å². The molecular formula is C15H20N2. The molecule has 0 spiro atoms. The molecule has 17 heavy (non-hydrogen) atoms. The molecule has 2 atom stereocenters. The molecule has 1 aromatic rings. The molecule has 1 aliphatic carbocycles. The third-order valence-corrected chi connectivity index (χ3v) is 3.90. The second-order valence-corrected chi connectivity index (χ2v) is 4.93. The smallest absolute Gasteiger partial charge is 0.128 e. The summed E-state index contributed by atoms with van der Waals surface area (Å²) in [4.78, 5) is 0. The molecule has 2 unspecified atom stereocenters. The second kappa shape index (κ2) is 5.23. The Labute approximate surface area is 104 Å². The Morgan fingerprint density at radius 1 is 1.35 bits per heavy atom. The Kier molecular flexibility index (Phi) is 3.68. The Morgan fingerprint density at radius 2 is 2.12 bits per heavy atom. The molecule has 0 heterocycles. The van der Waals surface area contributed by atoms with E-state index in [0.29, 0.717) is 5.92 Å². The van der Waals surface area contributed by atoms with Crippen molar-refractivity contribution in [2.24, 2.45) is 5.92 Å². The lowest BCUT2D eigenvalue weighted by atomic mass is 9.72. The lowest BCUT2D eigenvalue weighted by molar-refractivity contribution is 0.259. The highest BCUT2D eigenvalue weighted by Crippen LogP contribution is 2.38. The molecule has 1 aliphatic rings. The van der Waals surface area contributed by atoms with Crippen LogP contribution in [0.15, 0.2) is 30.3 Å². The molecular weight excluding hydrogens is 208 g/mol. The number of hydrogen-bond donors (Lipinski definition) is 1. The predicted molar refractivity (Wildman–Crippen MR) is 70.7 cm³/mol. The monoisotopic (exact) mass is 228 g/mol. The summed E-state index contributed by atoms with van der Waals surface area (Å²) in [5.41, 5.74) is 0.711. The molecule has 0 radical (unpaired) electrons. The van der Waals surface area contributed by atoms with Crippen molar-refractivity contribution in [3.63, 3.8) is 0 Å². The van der Waals surface area contributed by atoms with E-state index < -0.39 is 0 Å². The SMILES string of the molecule is CCC1CCCCC1(C#N)Nc1ccccc1. The van der Waals surface area contributed by atoms with E-state index in [2.05, 4.69) is 18.3 Å². The third-order valence-electron chi connectivity index (χ3n) is 3.90. The molecule has 0 amide bonds.